The molecule has 0 saturated carbocycles. The number of hydrogen-bond acceptors (Lipinski definition) is 2. The Kier molecular flexibility index (Phi) is 5.23. The number of alkyl halides is 3. The molecule has 0 amide bonds. The largest absolute Gasteiger partial charge is 0.478 e. The van der Waals surface area contributed by atoms with Crippen molar-refractivity contribution in [1.82, 2.24) is 4.40 Å². The highest BCUT2D eigenvalue weighted by atomic mass is 35.5. The summed E-state index contributed by atoms with van der Waals surface area (Å²) >= 11 is 6.03. The van der Waals surface area contributed by atoms with Gasteiger partial charge in [-0.25, -0.2) is 4.79 Å². The van der Waals surface area contributed by atoms with Crippen molar-refractivity contribution >= 4 is 34.4 Å². The number of benzene rings is 1. The van der Waals surface area contributed by atoms with E-state index in [1.807, 2.05) is 0 Å². The van der Waals surface area contributed by atoms with E-state index in [0.717, 1.165) is 17.7 Å². The standard InChI is InChI=1S/C23H15ClF3NO3/c24-17-5-3-4-16(23(25,26)27)20(17)21(29)19-12-15(18-6-1-2-11-28(18)19)13-7-9-14(10-8-13)22(30)31/h1-7,9,11-12H,8,10H2,(H,30,31). The van der Waals surface area contributed by atoms with E-state index in [1.165, 1.54) is 22.6 Å². The van der Waals surface area contributed by atoms with Crippen molar-refractivity contribution in [2.45, 2.75) is 19.0 Å². The van der Waals surface area contributed by atoms with Crippen molar-refractivity contribution in [3.05, 3.63) is 93.8 Å². The summed E-state index contributed by atoms with van der Waals surface area (Å²) in [5.41, 5.74) is 0.700. The van der Waals surface area contributed by atoms with Crippen LogP contribution >= 0.6 is 11.6 Å². The molecule has 1 N–H and O–H groups in total. The molecule has 0 saturated heterocycles. The van der Waals surface area contributed by atoms with E-state index in [1.54, 1.807) is 30.5 Å². The number of nitrogens with zero attached hydrogens (tertiary/aromatic N) is 1. The van der Waals surface area contributed by atoms with E-state index in [4.69, 9.17) is 16.7 Å². The normalized spacial score (nSPS) is 14.3. The number of aliphatic carboxylic acids is 1. The predicted octanol–water partition coefficient (Wildman–Crippen LogP) is 6.03. The molecule has 2 aromatic heterocycles. The van der Waals surface area contributed by atoms with Gasteiger partial charge in [-0.05, 0) is 48.7 Å². The first kappa shape index (κ1) is 20.9. The van der Waals surface area contributed by atoms with Gasteiger partial charge >= 0.3 is 12.1 Å². The summed E-state index contributed by atoms with van der Waals surface area (Å²) < 4.78 is 42.1. The molecular formula is C23H15ClF3NO3. The van der Waals surface area contributed by atoms with Gasteiger partial charge in [0.05, 0.1) is 27.4 Å². The number of rotatable bonds is 4. The summed E-state index contributed by atoms with van der Waals surface area (Å²) in [6.45, 7) is 0. The van der Waals surface area contributed by atoms with Crippen molar-refractivity contribution in [2.24, 2.45) is 0 Å². The molecule has 1 aliphatic carbocycles. The van der Waals surface area contributed by atoms with Crippen molar-refractivity contribution in [1.29, 1.82) is 0 Å². The summed E-state index contributed by atoms with van der Waals surface area (Å²) in [4.78, 5) is 24.4. The molecule has 3 aromatic rings. The minimum atomic E-state index is -4.74. The van der Waals surface area contributed by atoms with Crippen LogP contribution in [0.15, 0.2) is 66.4 Å². The third kappa shape index (κ3) is 3.77. The molecule has 0 aliphatic heterocycles. The van der Waals surface area contributed by atoms with Crippen LogP contribution in [-0.4, -0.2) is 21.3 Å². The lowest BCUT2D eigenvalue weighted by molar-refractivity contribution is -0.138. The minimum absolute atomic E-state index is 0.0399. The molecule has 8 heteroatoms. The summed E-state index contributed by atoms with van der Waals surface area (Å²) in [6, 6.07) is 9.95. The molecule has 31 heavy (non-hydrogen) atoms. The third-order valence-corrected chi connectivity index (χ3v) is 5.54. The maximum absolute atomic E-state index is 13.5. The number of carboxylic acids is 1. The van der Waals surface area contributed by atoms with E-state index in [2.05, 4.69) is 0 Å². The Labute approximate surface area is 179 Å². The van der Waals surface area contributed by atoms with Gasteiger partial charge in [-0.2, -0.15) is 13.2 Å². The SMILES string of the molecule is O=C(O)C1=CC=C(c2cc(C(=O)c3c(Cl)cccc3C(F)(F)F)n3ccccc23)CC1. The zero-order chi connectivity index (χ0) is 22.3. The maximum atomic E-state index is 13.5. The van der Waals surface area contributed by atoms with E-state index in [-0.39, 0.29) is 16.3 Å². The quantitative estimate of drug-likeness (QED) is 0.499. The number of aromatic nitrogens is 1. The zero-order valence-electron chi connectivity index (χ0n) is 15.9. The lowest BCUT2D eigenvalue weighted by atomic mass is 9.93. The average Bonchev–Trinajstić information content (AvgIpc) is 3.12. The third-order valence-electron chi connectivity index (χ3n) is 5.23. The Hall–Kier alpha value is -3.32. The number of hydrogen-bond donors (Lipinski definition) is 1. The van der Waals surface area contributed by atoms with Crippen LogP contribution in [0.2, 0.25) is 5.02 Å². The van der Waals surface area contributed by atoms with E-state index >= 15 is 0 Å². The Morgan fingerprint density at radius 3 is 2.45 bits per heavy atom. The molecule has 0 fully saturated rings. The molecule has 0 atom stereocenters. The van der Waals surface area contributed by atoms with Crippen molar-refractivity contribution in [3.8, 4) is 0 Å². The first-order valence-corrected chi connectivity index (χ1v) is 9.70. The van der Waals surface area contributed by atoms with Crippen LogP contribution in [0.3, 0.4) is 0 Å². The molecule has 4 nitrogen and oxygen atoms in total. The Bertz CT molecular complexity index is 1280. The Morgan fingerprint density at radius 2 is 1.81 bits per heavy atom. The van der Waals surface area contributed by atoms with E-state index in [0.29, 0.717) is 23.9 Å². The van der Waals surface area contributed by atoms with Crippen LogP contribution in [0.5, 0.6) is 0 Å². The highest BCUT2D eigenvalue weighted by molar-refractivity contribution is 6.35. The molecule has 0 radical (unpaired) electrons. The molecular weight excluding hydrogens is 431 g/mol. The summed E-state index contributed by atoms with van der Waals surface area (Å²) in [6.07, 6.45) is 0.774. The fourth-order valence-corrected chi connectivity index (χ4v) is 4.00. The molecule has 4 rings (SSSR count). The van der Waals surface area contributed by atoms with Gasteiger partial charge in [-0.1, -0.05) is 35.9 Å². The second-order valence-corrected chi connectivity index (χ2v) is 7.48. The molecule has 1 aromatic carbocycles. The van der Waals surface area contributed by atoms with Gasteiger partial charge in [0.25, 0.3) is 0 Å². The smallest absolute Gasteiger partial charge is 0.417 e. The number of carbonyl (C=O) groups is 2. The number of fused-ring (bicyclic) bond motifs is 1. The molecule has 0 spiro atoms. The summed E-state index contributed by atoms with van der Waals surface area (Å²) in [5, 5.41) is 8.86. The molecule has 1 aliphatic rings. The predicted molar refractivity (Wildman–Crippen MR) is 110 cm³/mol. The number of allylic oxidation sites excluding steroid dienone is 3. The number of pyridine rings is 1. The number of carboxylic acid groups (broad SMARTS) is 1. The summed E-state index contributed by atoms with van der Waals surface area (Å²) in [7, 11) is 0. The second-order valence-electron chi connectivity index (χ2n) is 7.08. The molecule has 158 valence electrons. The van der Waals surface area contributed by atoms with Crippen molar-refractivity contribution in [3.63, 3.8) is 0 Å². The van der Waals surface area contributed by atoms with Crippen LogP contribution in [0.25, 0.3) is 11.1 Å². The Balaban J connectivity index is 1.89. The lowest BCUT2D eigenvalue weighted by Crippen LogP contribution is -2.15. The van der Waals surface area contributed by atoms with E-state index < -0.39 is 29.1 Å². The van der Waals surface area contributed by atoms with Crippen LogP contribution < -0.4 is 0 Å². The van der Waals surface area contributed by atoms with Gasteiger partial charge in [0, 0.05) is 17.3 Å². The van der Waals surface area contributed by atoms with Gasteiger partial charge in [-0.3, -0.25) is 4.79 Å². The highest BCUT2D eigenvalue weighted by Gasteiger charge is 2.37. The topological polar surface area (TPSA) is 58.8 Å². The maximum Gasteiger partial charge on any atom is 0.417 e. The van der Waals surface area contributed by atoms with Gasteiger partial charge in [-0.15, -0.1) is 0 Å². The van der Waals surface area contributed by atoms with E-state index in [9.17, 15) is 22.8 Å². The molecule has 0 bridgehead atoms. The van der Waals surface area contributed by atoms with Crippen molar-refractivity contribution in [2.75, 3.05) is 0 Å². The van der Waals surface area contributed by atoms with Crippen LogP contribution in [0, 0.1) is 0 Å². The number of halogens is 4. The molecule has 2 heterocycles. The van der Waals surface area contributed by atoms with Gasteiger partial charge in [0.1, 0.15) is 0 Å². The fraction of sp³-hybridized carbons (Fsp3) is 0.130. The highest BCUT2D eigenvalue weighted by Crippen LogP contribution is 2.38. The second kappa shape index (κ2) is 7.74. The van der Waals surface area contributed by atoms with Crippen LogP contribution in [-0.2, 0) is 11.0 Å². The Morgan fingerprint density at radius 1 is 1.03 bits per heavy atom. The summed E-state index contributed by atoms with van der Waals surface area (Å²) in [5.74, 6) is -1.84. The monoisotopic (exact) mass is 445 g/mol. The van der Waals surface area contributed by atoms with Crippen LogP contribution in [0.4, 0.5) is 13.2 Å². The van der Waals surface area contributed by atoms with Gasteiger partial charge in [0.2, 0.25) is 5.78 Å². The average molecular weight is 446 g/mol. The number of carbonyl (C=O) groups excluding carboxylic acids is 1. The molecule has 0 unspecified atom stereocenters. The van der Waals surface area contributed by atoms with Gasteiger partial charge in [0.15, 0.2) is 0 Å². The number of ketones is 1. The van der Waals surface area contributed by atoms with Gasteiger partial charge < -0.3 is 9.51 Å². The first-order chi connectivity index (χ1) is 14.7. The lowest BCUT2D eigenvalue weighted by Gasteiger charge is -2.13. The minimum Gasteiger partial charge on any atom is -0.478 e. The van der Waals surface area contributed by atoms with Crippen LogP contribution in [0.1, 0.15) is 40.0 Å². The fourth-order valence-electron chi connectivity index (χ4n) is 3.74. The zero-order valence-corrected chi connectivity index (χ0v) is 16.7. The van der Waals surface area contributed by atoms with Crippen molar-refractivity contribution < 1.29 is 27.9 Å². The first-order valence-electron chi connectivity index (χ1n) is 9.32.